The van der Waals surface area contributed by atoms with Crippen molar-refractivity contribution in [2.45, 2.75) is 45.6 Å². The van der Waals surface area contributed by atoms with E-state index in [1.807, 2.05) is 0 Å². The Balaban J connectivity index is 1.97. The Labute approximate surface area is 118 Å². The second-order valence-electron chi connectivity index (χ2n) is 6.23. The molecule has 19 heavy (non-hydrogen) atoms. The van der Waals surface area contributed by atoms with Crippen molar-refractivity contribution >= 4 is 5.69 Å². The second kappa shape index (κ2) is 6.42. The molecule has 0 heterocycles. The number of anilines is 1. The topological polar surface area (TPSA) is 29.3 Å². The molecule has 1 aromatic carbocycles. The molecule has 3 atom stereocenters. The van der Waals surface area contributed by atoms with E-state index in [0.29, 0.717) is 12.0 Å². The van der Waals surface area contributed by atoms with E-state index < -0.39 is 0 Å². The summed E-state index contributed by atoms with van der Waals surface area (Å²) in [6.07, 6.45) is 5.12. The Bertz CT molecular complexity index is 385. The third-order valence-corrected chi connectivity index (χ3v) is 4.71. The van der Waals surface area contributed by atoms with Crippen molar-refractivity contribution in [3.05, 3.63) is 29.8 Å². The summed E-state index contributed by atoms with van der Waals surface area (Å²) < 4.78 is 0. The first-order chi connectivity index (χ1) is 9.10. The molecular weight excluding hydrogens is 232 g/mol. The third-order valence-electron chi connectivity index (χ3n) is 4.71. The van der Waals surface area contributed by atoms with Gasteiger partial charge in [0.25, 0.3) is 0 Å². The Hall–Kier alpha value is -1.02. The lowest BCUT2D eigenvalue weighted by Gasteiger charge is -2.36. The first-order valence-corrected chi connectivity index (χ1v) is 7.63. The van der Waals surface area contributed by atoms with Gasteiger partial charge in [-0.3, -0.25) is 0 Å². The Morgan fingerprint density at radius 1 is 1.21 bits per heavy atom. The van der Waals surface area contributed by atoms with Crippen LogP contribution in [-0.2, 0) is 0 Å². The van der Waals surface area contributed by atoms with Crippen LogP contribution >= 0.6 is 0 Å². The van der Waals surface area contributed by atoms with Gasteiger partial charge in [-0.2, -0.15) is 0 Å². The molecule has 2 heteroatoms. The molecule has 1 aliphatic carbocycles. The van der Waals surface area contributed by atoms with E-state index in [9.17, 15) is 0 Å². The van der Waals surface area contributed by atoms with Gasteiger partial charge >= 0.3 is 0 Å². The van der Waals surface area contributed by atoms with Crippen molar-refractivity contribution in [1.82, 2.24) is 0 Å². The highest BCUT2D eigenvalue weighted by molar-refractivity contribution is 5.46. The molecule has 0 aliphatic heterocycles. The van der Waals surface area contributed by atoms with Crippen LogP contribution in [0.1, 0.15) is 38.2 Å². The van der Waals surface area contributed by atoms with Crippen LogP contribution in [0.5, 0.6) is 0 Å². The minimum absolute atomic E-state index is 0.385. The maximum atomic E-state index is 6.32. The summed E-state index contributed by atoms with van der Waals surface area (Å²) in [6, 6.07) is 9.17. The van der Waals surface area contributed by atoms with Crippen molar-refractivity contribution in [3.63, 3.8) is 0 Å². The summed E-state index contributed by atoms with van der Waals surface area (Å²) in [5.41, 5.74) is 8.94. The lowest BCUT2D eigenvalue weighted by molar-refractivity contribution is 0.232. The second-order valence-corrected chi connectivity index (χ2v) is 6.23. The fourth-order valence-electron chi connectivity index (χ4n) is 3.22. The molecule has 3 unspecified atom stereocenters. The molecule has 2 nitrogen and oxygen atoms in total. The largest absolute Gasteiger partial charge is 0.374 e. The summed E-state index contributed by atoms with van der Waals surface area (Å²) in [5, 5.41) is 0. The molecule has 1 aliphatic rings. The molecule has 1 fully saturated rings. The molecule has 0 aromatic heterocycles. The molecule has 1 saturated carbocycles. The van der Waals surface area contributed by atoms with Crippen LogP contribution in [0.3, 0.4) is 0 Å². The number of aryl methyl sites for hydroxylation is 1. The van der Waals surface area contributed by atoms with Crippen molar-refractivity contribution in [1.29, 1.82) is 0 Å². The smallest absolute Gasteiger partial charge is 0.0363 e. The van der Waals surface area contributed by atoms with E-state index in [1.165, 1.54) is 36.9 Å². The maximum absolute atomic E-state index is 6.32. The molecule has 0 radical (unpaired) electrons. The van der Waals surface area contributed by atoms with Crippen molar-refractivity contribution < 1.29 is 0 Å². The summed E-state index contributed by atoms with van der Waals surface area (Å²) in [6.45, 7) is 5.52. The highest BCUT2D eigenvalue weighted by atomic mass is 15.1. The monoisotopic (exact) mass is 260 g/mol. The van der Waals surface area contributed by atoms with Gasteiger partial charge in [0.2, 0.25) is 0 Å². The normalized spacial score (nSPS) is 27.3. The zero-order valence-electron chi connectivity index (χ0n) is 12.6. The van der Waals surface area contributed by atoms with Crippen LogP contribution in [0.15, 0.2) is 24.3 Å². The highest BCUT2D eigenvalue weighted by Crippen LogP contribution is 2.31. The van der Waals surface area contributed by atoms with Gasteiger partial charge in [-0.1, -0.05) is 31.0 Å². The SMILES string of the molecule is CCC1CCC(N)C(CN(C)c2ccc(C)cc2)C1. The zero-order chi connectivity index (χ0) is 13.8. The van der Waals surface area contributed by atoms with Crippen LogP contribution in [0.2, 0.25) is 0 Å². The predicted molar refractivity (Wildman–Crippen MR) is 83.5 cm³/mol. The van der Waals surface area contributed by atoms with Gasteiger partial charge in [0.05, 0.1) is 0 Å². The standard InChI is InChI=1S/C17H28N2/c1-4-14-7-10-17(18)15(11-14)12-19(3)16-8-5-13(2)6-9-16/h5-6,8-9,14-15,17H,4,7,10-12,18H2,1-3H3. The number of benzene rings is 1. The Kier molecular flexibility index (Phi) is 4.87. The average molecular weight is 260 g/mol. The minimum atomic E-state index is 0.385. The molecule has 106 valence electrons. The van der Waals surface area contributed by atoms with E-state index in [0.717, 1.165) is 12.5 Å². The predicted octanol–water partition coefficient (Wildman–Crippen LogP) is 3.58. The van der Waals surface area contributed by atoms with E-state index in [2.05, 4.69) is 50.1 Å². The number of rotatable bonds is 4. The molecule has 2 N–H and O–H groups in total. The van der Waals surface area contributed by atoms with Gasteiger partial charge in [-0.15, -0.1) is 0 Å². The molecule has 0 saturated heterocycles. The van der Waals surface area contributed by atoms with Crippen LogP contribution in [0.25, 0.3) is 0 Å². The van der Waals surface area contributed by atoms with Crippen LogP contribution in [0.4, 0.5) is 5.69 Å². The van der Waals surface area contributed by atoms with Crippen LogP contribution < -0.4 is 10.6 Å². The van der Waals surface area contributed by atoms with Crippen molar-refractivity contribution in [2.24, 2.45) is 17.6 Å². The fourth-order valence-corrected chi connectivity index (χ4v) is 3.22. The molecule has 1 aromatic rings. The fraction of sp³-hybridized carbons (Fsp3) is 0.647. The highest BCUT2D eigenvalue weighted by Gasteiger charge is 2.28. The average Bonchev–Trinajstić information content (AvgIpc) is 2.42. The Morgan fingerprint density at radius 3 is 2.53 bits per heavy atom. The molecule has 0 spiro atoms. The number of nitrogens with zero attached hydrogens (tertiary/aromatic N) is 1. The third kappa shape index (κ3) is 3.73. The van der Waals surface area contributed by atoms with Crippen LogP contribution in [-0.4, -0.2) is 19.6 Å². The first kappa shape index (κ1) is 14.4. The number of hydrogen-bond acceptors (Lipinski definition) is 2. The van der Waals surface area contributed by atoms with E-state index >= 15 is 0 Å². The molecular formula is C17H28N2. The summed E-state index contributed by atoms with van der Waals surface area (Å²) in [4.78, 5) is 2.36. The lowest BCUT2D eigenvalue weighted by Crippen LogP contribution is -2.42. The van der Waals surface area contributed by atoms with Crippen molar-refractivity contribution in [3.8, 4) is 0 Å². The zero-order valence-corrected chi connectivity index (χ0v) is 12.6. The summed E-state index contributed by atoms with van der Waals surface area (Å²) in [7, 11) is 2.19. The van der Waals surface area contributed by atoms with E-state index in [-0.39, 0.29) is 0 Å². The van der Waals surface area contributed by atoms with Gasteiger partial charge in [0.15, 0.2) is 0 Å². The maximum Gasteiger partial charge on any atom is 0.0363 e. The van der Waals surface area contributed by atoms with E-state index in [1.54, 1.807) is 0 Å². The molecule has 0 amide bonds. The molecule has 0 bridgehead atoms. The van der Waals surface area contributed by atoms with Gasteiger partial charge in [-0.05, 0) is 50.2 Å². The Morgan fingerprint density at radius 2 is 1.89 bits per heavy atom. The first-order valence-electron chi connectivity index (χ1n) is 7.63. The number of hydrogen-bond donors (Lipinski definition) is 1. The van der Waals surface area contributed by atoms with E-state index in [4.69, 9.17) is 5.73 Å². The summed E-state index contributed by atoms with van der Waals surface area (Å²) >= 11 is 0. The van der Waals surface area contributed by atoms with Crippen LogP contribution in [0, 0.1) is 18.8 Å². The lowest BCUT2D eigenvalue weighted by atomic mass is 9.77. The minimum Gasteiger partial charge on any atom is -0.374 e. The quantitative estimate of drug-likeness (QED) is 0.896. The molecule has 2 rings (SSSR count). The van der Waals surface area contributed by atoms with Gasteiger partial charge < -0.3 is 10.6 Å². The summed E-state index contributed by atoms with van der Waals surface area (Å²) in [5.74, 6) is 1.53. The van der Waals surface area contributed by atoms with Crippen molar-refractivity contribution in [2.75, 3.05) is 18.5 Å². The van der Waals surface area contributed by atoms with Gasteiger partial charge in [0.1, 0.15) is 0 Å². The number of nitrogens with two attached hydrogens (primary N) is 1. The van der Waals surface area contributed by atoms with Gasteiger partial charge in [0, 0.05) is 25.3 Å². The van der Waals surface area contributed by atoms with Gasteiger partial charge in [-0.25, -0.2) is 0 Å².